The molecule has 0 saturated heterocycles. The van der Waals surface area contributed by atoms with Gasteiger partial charge in [0, 0.05) is 24.7 Å². The van der Waals surface area contributed by atoms with E-state index in [1.807, 2.05) is 32.0 Å². The zero-order valence-electron chi connectivity index (χ0n) is 16.3. The molecule has 0 unspecified atom stereocenters. The van der Waals surface area contributed by atoms with Crippen molar-refractivity contribution >= 4 is 21.8 Å². The van der Waals surface area contributed by atoms with Crippen molar-refractivity contribution in [2.24, 2.45) is 4.40 Å². The number of nitrogens with one attached hydrogen (secondary N) is 1. The van der Waals surface area contributed by atoms with Crippen molar-refractivity contribution in [2.75, 3.05) is 25.4 Å². The van der Waals surface area contributed by atoms with Crippen molar-refractivity contribution < 1.29 is 22.7 Å². The Balaban J connectivity index is 1.36. The number of ether oxygens (including phenoxy) is 2. The minimum Gasteiger partial charge on any atom is -0.488 e. The molecule has 1 aromatic carbocycles. The van der Waals surface area contributed by atoms with Crippen LogP contribution >= 0.6 is 0 Å². The third-order valence-corrected chi connectivity index (χ3v) is 5.95. The van der Waals surface area contributed by atoms with Gasteiger partial charge < -0.3 is 19.7 Å². The fourth-order valence-electron chi connectivity index (χ4n) is 3.52. The van der Waals surface area contributed by atoms with Crippen LogP contribution in [0.15, 0.2) is 46.5 Å². The van der Waals surface area contributed by atoms with Gasteiger partial charge in [-0.25, -0.2) is 8.42 Å². The van der Waals surface area contributed by atoms with Crippen LogP contribution in [0.25, 0.3) is 0 Å². The van der Waals surface area contributed by atoms with Crippen molar-refractivity contribution in [3.05, 3.63) is 47.7 Å². The zero-order chi connectivity index (χ0) is 20.6. The maximum absolute atomic E-state index is 12.6. The average Bonchev–Trinajstić information content (AvgIpc) is 2.98. The third-order valence-electron chi connectivity index (χ3n) is 4.80. The molecule has 154 valence electrons. The molecule has 3 heterocycles. The molecule has 9 heteroatoms. The first-order valence-electron chi connectivity index (χ1n) is 9.44. The van der Waals surface area contributed by atoms with E-state index < -0.39 is 15.9 Å². The summed E-state index contributed by atoms with van der Waals surface area (Å²) in [4.78, 5) is 14.2. The van der Waals surface area contributed by atoms with E-state index in [0.29, 0.717) is 5.75 Å². The van der Waals surface area contributed by atoms with E-state index in [1.165, 1.54) is 0 Å². The normalized spacial score (nSPS) is 20.7. The quantitative estimate of drug-likeness (QED) is 0.728. The minimum absolute atomic E-state index is 0.0656. The second-order valence-electron chi connectivity index (χ2n) is 7.70. The van der Waals surface area contributed by atoms with Gasteiger partial charge in [0.25, 0.3) is 15.9 Å². The number of carbonyl (C=O) groups excluding carboxylic acids is 1. The Kier molecular flexibility index (Phi) is 4.85. The van der Waals surface area contributed by atoms with Gasteiger partial charge in [-0.2, -0.15) is 0 Å². The Morgan fingerprint density at radius 3 is 3.03 bits per heavy atom. The highest BCUT2D eigenvalue weighted by Gasteiger charge is 2.32. The van der Waals surface area contributed by atoms with E-state index in [1.54, 1.807) is 23.3 Å². The summed E-state index contributed by atoms with van der Waals surface area (Å²) in [5.74, 6) is 1.10. The number of hydrogen-bond acceptors (Lipinski definition) is 6. The third kappa shape index (κ3) is 4.14. The van der Waals surface area contributed by atoms with E-state index in [9.17, 15) is 13.2 Å². The van der Waals surface area contributed by atoms with Crippen LogP contribution in [-0.4, -0.2) is 56.1 Å². The first kappa shape index (κ1) is 19.5. The van der Waals surface area contributed by atoms with Gasteiger partial charge in [0.2, 0.25) is 0 Å². The Bertz CT molecular complexity index is 1040. The lowest BCUT2D eigenvalue weighted by molar-refractivity contribution is -0.117. The van der Waals surface area contributed by atoms with Crippen LogP contribution in [0.3, 0.4) is 0 Å². The second kappa shape index (κ2) is 7.22. The smallest absolute Gasteiger partial charge is 0.256 e. The average molecular weight is 417 g/mol. The summed E-state index contributed by atoms with van der Waals surface area (Å²) in [6.45, 7) is 4.85. The van der Waals surface area contributed by atoms with Gasteiger partial charge in [-0.3, -0.25) is 4.79 Å². The summed E-state index contributed by atoms with van der Waals surface area (Å²) < 4.78 is 39.1. The molecule has 3 aliphatic rings. The fourth-order valence-corrected chi connectivity index (χ4v) is 4.50. The number of rotatable bonds is 5. The summed E-state index contributed by atoms with van der Waals surface area (Å²) in [7, 11) is -3.54. The van der Waals surface area contributed by atoms with Crippen LogP contribution < -0.4 is 14.8 Å². The summed E-state index contributed by atoms with van der Waals surface area (Å²) >= 11 is 0. The molecule has 0 aromatic heterocycles. The monoisotopic (exact) mass is 417 g/mol. The van der Waals surface area contributed by atoms with Crippen LogP contribution in [0.4, 0.5) is 0 Å². The van der Waals surface area contributed by atoms with E-state index in [0.717, 1.165) is 17.7 Å². The number of carbonyl (C=O) groups is 1. The Hall–Kier alpha value is -2.81. The predicted octanol–water partition coefficient (Wildman–Crippen LogP) is 1.39. The van der Waals surface area contributed by atoms with Gasteiger partial charge >= 0.3 is 0 Å². The van der Waals surface area contributed by atoms with Gasteiger partial charge in [0.1, 0.15) is 12.2 Å². The molecule has 8 nitrogen and oxygen atoms in total. The minimum atomic E-state index is -3.54. The first-order valence-corrected chi connectivity index (χ1v) is 11.1. The molecule has 0 aliphatic carbocycles. The largest absolute Gasteiger partial charge is 0.488 e. The molecular weight excluding hydrogens is 394 g/mol. The summed E-state index contributed by atoms with van der Waals surface area (Å²) in [6, 6.07) is 5.79. The molecule has 4 rings (SSSR count). The Morgan fingerprint density at radius 1 is 1.38 bits per heavy atom. The number of fused-ring (bicyclic) bond motifs is 2. The fraction of sp³-hybridized carbons (Fsp3) is 0.400. The number of sulfonamides is 1. The standard InChI is InChI=1S/C20H23N3O5S/c1-20(2)13-14-5-3-7-16(17(14)28-20)27-11-8-21-19(24)15-6-4-9-23-10-12-29(25,26)22-18(15)23/h3-7,9H,8,10-13H2,1-2H3,(H,21,24). The van der Waals surface area contributed by atoms with Crippen molar-refractivity contribution in [2.45, 2.75) is 25.9 Å². The van der Waals surface area contributed by atoms with Gasteiger partial charge in [0.15, 0.2) is 17.3 Å². The van der Waals surface area contributed by atoms with Crippen LogP contribution in [0, 0.1) is 0 Å². The summed E-state index contributed by atoms with van der Waals surface area (Å²) in [5, 5.41) is 2.76. The number of benzene rings is 1. The number of para-hydroxylation sites is 1. The van der Waals surface area contributed by atoms with E-state index in [-0.39, 0.29) is 42.5 Å². The van der Waals surface area contributed by atoms with E-state index in [4.69, 9.17) is 9.47 Å². The number of hydrogen-bond donors (Lipinski definition) is 1. The van der Waals surface area contributed by atoms with E-state index >= 15 is 0 Å². The zero-order valence-corrected chi connectivity index (χ0v) is 17.2. The molecule has 0 saturated carbocycles. The second-order valence-corrected chi connectivity index (χ2v) is 9.46. The molecule has 1 N–H and O–H groups in total. The molecule has 0 spiro atoms. The molecule has 0 fully saturated rings. The number of allylic oxidation sites excluding steroid dienone is 2. The number of nitrogens with zero attached hydrogens (tertiary/aromatic N) is 2. The van der Waals surface area contributed by atoms with Crippen molar-refractivity contribution in [3.63, 3.8) is 0 Å². The van der Waals surface area contributed by atoms with Gasteiger partial charge in [-0.15, -0.1) is 4.40 Å². The lowest BCUT2D eigenvalue weighted by Crippen LogP contribution is -2.42. The number of amidine groups is 1. The maximum Gasteiger partial charge on any atom is 0.256 e. The molecule has 0 atom stereocenters. The highest BCUT2D eigenvalue weighted by molar-refractivity contribution is 7.90. The van der Waals surface area contributed by atoms with Crippen molar-refractivity contribution in [3.8, 4) is 11.5 Å². The lowest BCUT2D eigenvalue weighted by Gasteiger charge is -2.28. The number of amides is 1. The van der Waals surface area contributed by atoms with Crippen LogP contribution in [0.5, 0.6) is 11.5 Å². The molecule has 0 bridgehead atoms. The van der Waals surface area contributed by atoms with Crippen molar-refractivity contribution in [1.29, 1.82) is 0 Å². The highest BCUT2D eigenvalue weighted by atomic mass is 32.2. The SMILES string of the molecule is CC1(C)Cc2cccc(OCCNC(=O)C3=CC=CN4CCS(=O)(=O)N=C34)c2O1. The molecule has 1 amide bonds. The predicted molar refractivity (Wildman–Crippen MR) is 109 cm³/mol. The van der Waals surface area contributed by atoms with Crippen molar-refractivity contribution in [1.82, 2.24) is 10.2 Å². The summed E-state index contributed by atoms with van der Waals surface area (Å²) in [6.07, 6.45) is 5.80. The van der Waals surface area contributed by atoms with Gasteiger partial charge in [0.05, 0.1) is 17.9 Å². The highest BCUT2D eigenvalue weighted by Crippen LogP contribution is 2.41. The van der Waals surface area contributed by atoms with Crippen LogP contribution in [0.2, 0.25) is 0 Å². The first-order chi connectivity index (χ1) is 13.7. The summed E-state index contributed by atoms with van der Waals surface area (Å²) in [5.41, 5.74) is 1.07. The molecule has 3 aliphatic heterocycles. The lowest BCUT2D eigenvalue weighted by atomic mass is 10.0. The molecule has 1 aromatic rings. The molecule has 29 heavy (non-hydrogen) atoms. The Morgan fingerprint density at radius 2 is 2.21 bits per heavy atom. The van der Waals surface area contributed by atoms with Crippen LogP contribution in [0.1, 0.15) is 19.4 Å². The maximum atomic E-state index is 12.6. The molecule has 0 radical (unpaired) electrons. The topological polar surface area (TPSA) is 97.3 Å². The van der Waals surface area contributed by atoms with E-state index in [2.05, 4.69) is 9.71 Å². The molecular formula is C20H23N3O5S. The Labute approximate surface area is 169 Å². The van der Waals surface area contributed by atoms with Gasteiger partial charge in [-0.05, 0) is 32.1 Å². The van der Waals surface area contributed by atoms with Crippen LogP contribution in [-0.2, 0) is 21.2 Å². The van der Waals surface area contributed by atoms with Gasteiger partial charge in [-0.1, -0.05) is 12.1 Å².